The van der Waals surface area contributed by atoms with Crippen LogP contribution in [-0.4, -0.2) is 14.3 Å². The molecule has 0 spiro atoms. The molecule has 0 unspecified atom stereocenters. The van der Waals surface area contributed by atoms with Gasteiger partial charge in [-0.2, -0.15) is 0 Å². The fraction of sp³-hybridized carbons (Fsp3) is 0.133. The summed E-state index contributed by atoms with van der Waals surface area (Å²) in [5, 5.41) is 7.89. The number of halogens is 1. The largest absolute Gasteiger partial charge is 0.322 e. The number of hydrogen-bond donors (Lipinski definition) is 2. The summed E-state index contributed by atoms with van der Waals surface area (Å²) in [6, 6.07) is 11.6. The van der Waals surface area contributed by atoms with Crippen molar-refractivity contribution in [3.8, 4) is 0 Å². The minimum atomic E-state index is -3.83. The highest BCUT2D eigenvalue weighted by Gasteiger charge is 2.15. The Kier molecular flexibility index (Phi) is 5.00. The lowest BCUT2D eigenvalue weighted by Crippen LogP contribution is -2.16. The number of primary sulfonamides is 1. The van der Waals surface area contributed by atoms with Crippen LogP contribution in [0.3, 0.4) is 0 Å². The van der Waals surface area contributed by atoms with Crippen molar-refractivity contribution >= 4 is 37.5 Å². The van der Waals surface area contributed by atoms with E-state index in [0.29, 0.717) is 23.2 Å². The number of rotatable bonds is 4. The summed E-state index contributed by atoms with van der Waals surface area (Å²) in [6.07, 6.45) is 0.533. The molecule has 0 heterocycles. The van der Waals surface area contributed by atoms with Gasteiger partial charge in [-0.25, -0.2) is 13.6 Å². The molecule has 1 amide bonds. The summed E-state index contributed by atoms with van der Waals surface area (Å²) in [6.45, 7) is 1.84. The van der Waals surface area contributed by atoms with Gasteiger partial charge in [-0.1, -0.05) is 35.0 Å². The van der Waals surface area contributed by atoms with E-state index in [1.54, 1.807) is 30.3 Å². The standard InChI is InChI=1S/C15H15BrN2O3S/c1-2-10-6-7-13(9-14(10)22(17,20)21)18-15(19)11-4-3-5-12(16)8-11/h3-9H,2H2,1H3,(H,18,19)(H2,17,20,21). The van der Waals surface area contributed by atoms with Crippen LogP contribution in [0.4, 0.5) is 5.69 Å². The maximum Gasteiger partial charge on any atom is 0.255 e. The van der Waals surface area contributed by atoms with E-state index in [1.165, 1.54) is 6.07 Å². The lowest BCUT2D eigenvalue weighted by atomic mass is 10.1. The number of carbonyl (C=O) groups excluding carboxylic acids is 1. The van der Waals surface area contributed by atoms with E-state index in [2.05, 4.69) is 21.2 Å². The first-order valence-electron chi connectivity index (χ1n) is 6.54. The average molecular weight is 383 g/mol. The third kappa shape index (κ3) is 3.94. The highest BCUT2D eigenvalue weighted by Crippen LogP contribution is 2.21. The summed E-state index contributed by atoms with van der Waals surface area (Å²) in [4.78, 5) is 12.2. The van der Waals surface area contributed by atoms with Gasteiger partial charge in [0.15, 0.2) is 0 Å². The van der Waals surface area contributed by atoms with Gasteiger partial charge in [0.05, 0.1) is 4.90 Å². The predicted octanol–water partition coefficient (Wildman–Crippen LogP) is 2.91. The minimum Gasteiger partial charge on any atom is -0.322 e. The normalized spacial score (nSPS) is 11.2. The van der Waals surface area contributed by atoms with Crippen molar-refractivity contribution < 1.29 is 13.2 Å². The van der Waals surface area contributed by atoms with Gasteiger partial charge in [-0.05, 0) is 42.3 Å². The fourth-order valence-corrected chi connectivity index (χ4v) is 3.29. The molecule has 0 saturated carbocycles. The Balaban J connectivity index is 2.33. The van der Waals surface area contributed by atoms with Crippen LogP contribution >= 0.6 is 15.9 Å². The van der Waals surface area contributed by atoms with E-state index < -0.39 is 10.0 Å². The first-order valence-corrected chi connectivity index (χ1v) is 8.88. The Labute approximate surface area is 137 Å². The SMILES string of the molecule is CCc1ccc(NC(=O)c2cccc(Br)c2)cc1S(N)(=O)=O. The molecule has 116 valence electrons. The summed E-state index contributed by atoms with van der Waals surface area (Å²) in [7, 11) is -3.83. The Morgan fingerprint density at radius 1 is 1.23 bits per heavy atom. The monoisotopic (exact) mass is 382 g/mol. The second-order valence-electron chi connectivity index (χ2n) is 4.69. The molecule has 22 heavy (non-hydrogen) atoms. The van der Waals surface area contributed by atoms with Gasteiger partial charge in [0.25, 0.3) is 5.91 Å². The van der Waals surface area contributed by atoms with Crippen LogP contribution in [-0.2, 0) is 16.4 Å². The van der Waals surface area contributed by atoms with Crippen LogP contribution in [0.15, 0.2) is 51.8 Å². The van der Waals surface area contributed by atoms with Gasteiger partial charge < -0.3 is 5.32 Å². The molecule has 0 aliphatic carbocycles. The third-order valence-corrected chi connectivity index (χ3v) is 4.59. The summed E-state index contributed by atoms with van der Waals surface area (Å²) >= 11 is 3.30. The topological polar surface area (TPSA) is 89.3 Å². The van der Waals surface area contributed by atoms with Crippen LogP contribution in [0.1, 0.15) is 22.8 Å². The van der Waals surface area contributed by atoms with Crippen molar-refractivity contribution in [2.24, 2.45) is 5.14 Å². The van der Waals surface area contributed by atoms with Gasteiger partial charge in [0, 0.05) is 15.7 Å². The van der Waals surface area contributed by atoms with E-state index in [9.17, 15) is 13.2 Å². The highest BCUT2D eigenvalue weighted by atomic mass is 79.9. The Hall–Kier alpha value is -1.70. The Morgan fingerprint density at radius 2 is 1.95 bits per heavy atom. The zero-order valence-corrected chi connectivity index (χ0v) is 14.2. The molecule has 7 heteroatoms. The van der Waals surface area contributed by atoms with Gasteiger partial charge in [0.1, 0.15) is 0 Å². The van der Waals surface area contributed by atoms with Gasteiger partial charge in [-0.3, -0.25) is 4.79 Å². The van der Waals surface area contributed by atoms with Crippen LogP contribution in [0.2, 0.25) is 0 Å². The van der Waals surface area contributed by atoms with Gasteiger partial charge >= 0.3 is 0 Å². The third-order valence-electron chi connectivity index (χ3n) is 3.10. The van der Waals surface area contributed by atoms with Crippen molar-refractivity contribution in [1.29, 1.82) is 0 Å². The lowest BCUT2D eigenvalue weighted by Gasteiger charge is -2.10. The molecule has 0 aromatic heterocycles. The quantitative estimate of drug-likeness (QED) is 0.851. The van der Waals surface area contributed by atoms with Crippen molar-refractivity contribution in [2.75, 3.05) is 5.32 Å². The van der Waals surface area contributed by atoms with Crippen LogP contribution in [0.5, 0.6) is 0 Å². The number of anilines is 1. The van der Waals surface area contributed by atoms with Crippen molar-refractivity contribution in [2.45, 2.75) is 18.2 Å². The first-order chi connectivity index (χ1) is 10.3. The number of hydrogen-bond acceptors (Lipinski definition) is 3. The molecule has 5 nitrogen and oxygen atoms in total. The molecule has 3 N–H and O–H groups in total. The molecule has 2 aromatic carbocycles. The predicted molar refractivity (Wildman–Crippen MR) is 89.3 cm³/mol. The molecular formula is C15H15BrN2O3S. The van der Waals surface area contributed by atoms with Crippen molar-refractivity contribution in [1.82, 2.24) is 0 Å². The van der Waals surface area contributed by atoms with E-state index in [1.807, 2.05) is 13.0 Å². The molecule has 0 bridgehead atoms. The molecule has 0 aliphatic heterocycles. The van der Waals surface area contributed by atoms with Crippen molar-refractivity contribution in [3.63, 3.8) is 0 Å². The smallest absolute Gasteiger partial charge is 0.255 e. The molecule has 0 atom stereocenters. The number of carbonyl (C=O) groups is 1. The molecule has 2 aromatic rings. The van der Waals surface area contributed by atoms with Gasteiger partial charge in [0.2, 0.25) is 10.0 Å². The summed E-state index contributed by atoms with van der Waals surface area (Å²) < 4.78 is 24.0. The maximum atomic E-state index is 12.2. The molecule has 0 fully saturated rings. The lowest BCUT2D eigenvalue weighted by molar-refractivity contribution is 0.102. The molecule has 0 radical (unpaired) electrons. The van der Waals surface area contributed by atoms with Crippen LogP contribution < -0.4 is 10.5 Å². The molecule has 2 rings (SSSR count). The average Bonchev–Trinajstić information content (AvgIpc) is 2.46. The van der Waals surface area contributed by atoms with E-state index >= 15 is 0 Å². The first kappa shape index (κ1) is 16.7. The van der Waals surface area contributed by atoms with Crippen molar-refractivity contribution in [3.05, 3.63) is 58.1 Å². The Morgan fingerprint density at radius 3 is 2.55 bits per heavy atom. The number of sulfonamides is 1. The summed E-state index contributed by atoms with van der Waals surface area (Å²) in [5.74, 6) is -0.328. The molecular weight excluding hydrogens is 368 g/mol. The zero-order valence-electron chi connectivity index (χ0n) is 11.8. The molecule has 0 saturated heterocycles. The second-order valence-corrected chi connectivity index (χ2v) is 7.13. The fourth-order valence-electron chi connectivity index (χ4n) is 2.02. The second kappa shape index (κ2) is 6.60. The van der Waals surface area contributed by atoms with Crippen LogP contribution in [0, 0.1) is 0 Å². The number of nitrogens with two attached hydrogens (primary N) is 1. The number of aryl methyl sites for hydroxylation is 1. The zero-order chi connectivity index (χ0) is 16.3. The van der Waals surface area contributed by atoms with Crippen LogP contribution in [0.25, 0.3) is 0 Å². The minimum absolute atomic E-state index is 0.0297. The van der Waals surface area contributed by atoms with E-state index in [0.717, 1.165) is 4.47 Å². The maximum absolute atomic E-state index is 12.2. The van der Waals surface area contributed by atoms with E-state index in [-0.39, 0.29) is 10.8 Å². The highest BCUT2D eigenvalue weighted by molar-refractivity contribution is 9.10. The summed E-state index contributed by atoms with van der Waals surface area (Å²) in [5.41, 5.74) is 1.46. The number of amides is 1. The number of benzene rings is 2. The van der Waals surface area contributed by atoms with E-state index in [4.69, 9.17) is 5.14 Å². The Bertz CT molecular complexity index is 819. The molecule has 0 aliphatic rings. The number of nitrogens with one attached hydrogen (secondary N) is 1. The van der Waals surface area contributed by atoms with Gasteiger partial charge in [-0.15, -0.1) is 0 Å².